The maximum absolute atomic E-state index is 11.7. The molecule has 0 atom stereocenters. The van der Waals surface area contributed by atoms with Gasteiger partial charge < -0.3 is 4.90 Å². The van der Waals surface area contributed by atoms with E-state index in [1.807, 2.05) is 11.9 Å². The molecular formula is C14H19NO. The molecule has 0 N–H and O–H groups in total. The number of benzene rings is 1. The molecule has 1 aromatic carbocycles. The van der Waals surface area contributed by atoms with E-state index in [2.05, 4.69) is 31.2 Å². The van der Waals surface area contributed by atoms with Gasteiger partial charge in [-0.25, -0.2) is 0 Å². The molecule has 0 heterocycles. The number of carbonyl (C=O) groups excluding carboxylic acids is 1. The molecule has 1 aliphatic rings. The molecule has 0 bridgehead atoms. The Bertz CT molecular complexity index is 365. The molecule has 86 valence electrons. The summed E-state index contributed by atoms with van der Waals surface area (Å²) in [5, 5.41) is 0. The van der Waals surface area contributed by atoms with Gasteiger partial charge in [-0.2, -0.15) is 0 Å². The fourth-order valence-electron chi connectivity index (χ4n) is 1.85. The average molecular weight is 217 g/mol. The van der Waals surface area contributed by atoms with E-state index in [1.54, 1.807) is 0 Å². The number of hydrogen-bond donors (Lipinski definition) is 0. The van der Waals surface area contributed by atoms with Gasteiger partial charge in [-0.3, -0.25) is 4.79 Å². The first-order chi connectivity index (χ1) is 7.70. The highest BCUT2D eigenvalue weighted by Gasteiger charge is 2.29. The quantitative estimate of drug-likeness (QED) is 0.755. The van der Waals surface area contributed by atoms with Crippen molar-refractivity contribution in [3.05, 3.63) is 29.8 Å². The van der Waals surface area contributed by atoms with E-state index in [-0.39, 0.29) is 0 Å². The predicted octanol–water partition coefficient (Wildman–Crippen LogP) is 2.66. The van der Waals surface area contributed by atoms with Crippen LogP contribution in [-0.4, -0.2) is 19.4 Å². The summed E-state index contributed by atoms with van der Waals surface area (Å²) in [5.74, 6) is 0.749. The van der Waals surface area contributed by atoms with Gasteiger partial charge in [0.25, 0.3) is 0 Å². The molecule has 1 aliphatic carbocycles. The SMILES string of the molecule is CCc1ccc(N(C)CC(=O)C2CC2)cc1. The van der Waals surface area contributed by atoms with Crippen molar-refractivity contribution in [1.29, 1.82) is 0 Å². The lowest BCUT2D eigenvalue weighted by Crippen LogP contribution is -2.26. The summed E-state index contributed by atoms with van der Waals surface area (Å²) in [6, 6.07) is 8.46. The number of carbonyl (C=O) groups is 1. The van der Waals surface area contributed by atoms with Gasteiger partial charge in [-0.1, -0.05) is 19.1 Å². The van der Waals surface area contributed by atoms with E-state index < -0.39 is 0 Å². The number of nitrogens with zero attached hydrogens (tertiary/aromatic N) is 1. The van der Waals surface area contributed by atoms with Gasteiger partial charge in [0.05, 0.1) is 6.54 Å². The van der Waals surface area contributed by atoms with Gasteiger partial charge >= 0.3 is 0 Å². The molecule has 0 aliphatic heterocycles. The molecule has 0 radical (unpaired) electrons. The number of anilines is 1. The summed E-state index contributed by atoms with van der Waals surface area (Å²) in [6.07, 6.45) is 3.26. The van der Waals surface area contributed by atoms with Crippen molar-refractivity contribution in [3.8, 4) is 0 Å². The molecule has 1 fully saturated rings. The van der Waals surface area contributed by atoms with Crippen LogP contribution in [0.3, 0.4) is 0 Å². The van der Waals surface area contributed by atoms with E-state index in [0.717, 1.165) is 24.9 Å². The molecule has 2 heteroatoms. The Labute approximate surface area is 97.3 Å². The summed E-state index contributed by atoms with van der Waals surface area (Å²) in [7, 11) is 1.99. The summed E-state index contributed by atoms with van der Waals surface area (Å²) >= 11 is 0. The van der Waals surface area contributed by atoms with E-state index >= 15 is 0 Å². The monoisotopic (exact) mass is 217 g/mol. The van der Waals surface area contributed by atoms with E-state index in [1.165, 1.54) is 5.56 Å². The first-order valence-corrected chi connectivity index (χ1v) is 6.03. The fraction of sp³-hybridized carbons (Fsp3) is 0.500. The second-order valence-corrected chi connectivity index (χ2v) is 4.62. The van der Waals surface area contributed by atoms with Crippen LogP contribution in [0.4, 0.5) is 5.69 Å². The second kappa shape index (κ2) is 4.69. The predicted molar refractivity (Wildman–Crippen MR) is 66.8 cm³/mol. The Morgan fingerprint density at radius 3 is 2.44 bits per heavy atom. The Hall–Kier alpha value is -1.31. The van der Waals surface area contributed by atoms with Crippen molar-refractivity contribution in [2.24, 2.45) is 5.92 Å². The Balaban J connectivity index is 1.96. The van der Waals surface area contributed by atoms with Gasteiger partial charge in [-0.15, -0.1) is 0 Å². The molecule has 1 aromatic rings. The maximum Gasteiger partial charge on any atom is 0.155 e. The zero-order valence-electron chi connectivity index (χ0n) is 10.1. The largest absolute Gasteiger partial charge is 0.367 e. The first-order valence-electron chi connectivity index (χ1n) is 6.03. The molecule has 0 amide bonds. The first kappa shape index (κ1) is 11.2. The summed E-state index contributed by atoms with van der Waals surface area (Å²) in [4.78, 5) is 13.7. The minimum Gasteiger partial charge on any atom is -0.367 e. The number of Topliss-reactive ketones (excluding diaryl/α,β-unsaturated/α-hetero) is 1. The van der Waals surface area contributed by atoms with Crippen LogP contribution in [0.5, 0.6) is 0 Å². The average Bonchev–Trinajstić information content (AvgIpc) is 3.13. The topological polar surface area (TPSA) is 20.3 Å². The normalized spacial score (nSPS) is 14.9. The highest BCUT2D eigenvalue weighted by atomic mass is 16.1. The van der Waals surface area contributed by atoms with Crippen molar-refractivity contribution in [3.63, 3.8) is 0 Å². The lowest BCUT2D eigenvalue weighted by molar-refractivity contribution is -0.118. The van der Waals surface area contributed by atoms with Gasteiger partial charge in [0.2, 0.25) is 0 Å². The fourth-order valence-corrected chi connectivity index (χ4v) is 1.85. The maximum atomic E-state index is 11.7. The number of ketones is 1. The van der Waals surface area contributed by atoms with Crippen LogP contribution in [0, 0.1) is 5.92 Å². The van der Waals surface area contributed by atoms with Gasteiger partial charge in [-0.05, 0) is 37.0 Å². The third-order valence-corrected chi connectivity index (χ3v) is 3.21. The third kappa shape index (κ3) is 2.63. The van der Waals surface area contributed by atoms with Crippen molar-refractivity contribution in [2.45, 2.75) is 26.2 Å². The summed E-state index contributed by atoms with van der Waals surface area (Å²) in [6.45, 7) is 2.70. The van der Waals surface area contributed by atoms with Crippen LogP contribution in [0.25, 0.3) is 0 Å². The molecule has 2 rings (SSSR count). The van der Waals surface area contributed by atoms with E-state index in [9.17, 15) is 4.79 Å². The van der Waals surface area contributed by atoms with Crippen LogP contribution in [-0.2, 0) is 11.2 Å². The van der Waals surface area contributed by atoms with Crippen molar-refractivity contribution < 1.29 is 4.79 Å². The summed E-state index contributed by atoms with van der Waals surface area (Å²) in [5.41, 5.74) is 2.47. The standard InChI is InChI=1S/C14H19NO/c1-3-11-4-8-13(9-5-11)15(2)10-14(16)12-6-7-12/h4-5,8-9,12H,3,6-7,10H2,1-2H3. The highest BCUT2D eigenvalue weighted by molar-refractivity contribution is 5.87. The molecule has 2 nitrogen and oxygen atoms in total. The number of likely N-dealkylation sites (N-methyl/N-ethyl adjacent to an activating group) is 1. The van der Waals surface area contributed by atoms with Gasteiger partial charge in [0, 0.05) is 18.7 Å². The van der Waals surface area contributed by atoms with Crippen LogP contribution < -0.4 is 4.90 Å². The zero-order chi connectivity index (χ0) is 11.5. The van der Waals surface area contributed by atoms with Crippen LogP contribution >= 0.6 is 0 Å². The van der Waals surface area contributed by atoms with Crippen LogP contribution in [0.2, 0.25) is 0 Å². The Kier molecular flexibility index (Phi) is 3.28. The number of rotatable bonds is 5. The van der Waals surface area contributed by atoms with Crippen LogP contribution in [0.15, 0.2) is 24.3 Å². The molecule has 0 saturated heterocycles. The van der Waals surface area contributed by atoms with E-state index in [0.29, 0.717) is 18.2 Å². The number of hydrogen-bond acceptors (Lipinski definition) is 2. The molecular weight excluding hydrogens is 198 g/mol. The molecule has 0 unspecified atom stereocenters. The number of aryl methyl sites for hydroxylation is 1. The molecule has 1 saturated carbocycles. The lowest BCUT2D eigenvalue weighted by atomic mass is 10.1. The Morgan fingerprint density at radius 1 is 1.31 bits per heavy atom. The molecule has 0 aromatic heterocycles. The van der Waals surface area contributed by atoms with Gasteiger partial charge in [0.1, 0.15) is 0 Å². The van der Waals surface area contributed by atoms with Crippen molar-refractivity contribution in [2.75, 3.05) is 18.5 Å². The minimum absolute atomic E-state index is 0.359. The Morgan fingerprint density at radius 2 is 1.94 bits per heavy atom. The molecule has 0 spiro atoms. The molecule has 16 heavy (non-hydrogen) atoms. The van der Waals surface area contributed by atoms with E-state index in [4.69, 9.17) is 0 Å². The highest BCUT2D eigenvalue weighted by Crippen LogP contribution is 2.30. The lowest BCUT2D eigenvalue weighted by Gasteiger charge is -2.18. The second-order valence-electron chi connectivity index (χ2n) is 4.62. The third-order valence-electron chi connectivity index (χ3n) is 3.21. The smallest absolute Gasteiger partial charge is 0.155 e. The van der Waals surface area contributed by atoms with Crippen LogP contribution in [0.1, 0.15) is 25.3 Å². The zero-order valence-corrected chi connectivity index (χ0v) is 10.1. The summed E-state index contributed by atoms with van der Waals surface area (Å²) < 4.78 is 0. The van der Waals surface area contributed by atoms with Crippen molar-refractivity contribution in [1.82, 2.24) is 0 Å². The van der Waals surface area contributed by atoms with Gasteiger partial charge in [0.15, 0.2) is 5.78 Å². The minimum atomic E-state index is 0.359. The van der Waals surface area contributed by atoms with Crippen molar-refractivity contribution >= 4 is 11.5 Å².